The third-order valence-corrected chi connectivity index (χ3v) is 4.06. The molecule has 0 amide bonds. The second-order valence-electron chi connectivity index (χ2n) is 6.45. The molecular formula is C20H20N4. The standard InChI is InChI=1S/C20H20N4/c1-14(2)12-16-13-21-20-19(22-15-8-4-3-5-9-15)23-17-10-6-7-11-18(17)24(16)20/h3-11,13-14H,12H2,1-2H3,(H,22,23). The smallest absolute Gasteiger partial charge is 0.181 e. The van der Waals surface area contributed by atoms with Gasteiger partial charge in [0.15, 0.2) is 11.5 Å². The molecular weight excluding hydrogens is 296 g/mol. The fourth-order valence-corrected chi connectivity index (χ4v) is 3.05. The average Bonchev–Trinajstić information content (AvgIpc) is 3.00. The third-order valence-electron chi connectivity index (χ3n) is 4.06. The van der Waals surface area contributed by atoms with Crippen molar-refractivity contribution in [2.24, 2.45) is 5.92 Å². The van der Waals surface area contributed by atoms with Gasteiger partial charge in [0.1, 0.15) is 0 Å². The number of nitrogens with zero attached hydrogens (tertiary/aromatic N) is 3. The van der Waals surface area contributed by atoms with Crippen molar-refractivity contribution in [1.29, 1.82) is 0 Å². The van der Waals surface area contributed by atoms with Crippen molar-refractivity contribution in [3.05, 3.63) is 66.5 Å². The first-order valence-corrected chi connectivity index (χ1v) is 8.29. The van der Waals surface area contributed by atoms with Crippen molar-refractivity contribution in [3.63, 3.8) is 0 Å². The number of nitrogens with one attached hydrogen (secondary N) is 1. The van der Waals surface area contributed by atoms with E-state index in [-0.39, 0.29) is 0 Å². The van der Waals surface area contributed by atoms with E-state index in [2.05, 4.69) is 34.6 Å². The summed E-state index contributed by atoms with van der Waals surface area (Å²) in [5.74, 6) is 1.36. The molecule has 0 saturated carbocycles. The molecule has 4 aromatic rings. The number of hydrogen-bond donors (Lipinski definition) is 1. The minimum Gasteiger partial charge on any atom is -0.337 e. The lowest BCUT2D eigenvalue weighted by molar-refractivity contribution is 0.634. The molecule has 0 saturated heterocycles. The molecule has 2 aromatic heterocycles. The highest BCUT2D eigenvalue weighted by atomic mass is 15.1. The first kappa shape index (κ1) is 14.7. The minimum absolute atomic E-state index is 0.572. The number of hydrogen-bond acceptors (Lipinski definition) is 3. The topological polar surface area (TPSA) is 42.2 Å². The van der Waals surface area contributed by atoms with E-state index in [0.29, 0.717) is 5.92 Å². The number of rotatable bonds is 4. The summed E-state index contributed by atoms with van der Waals surface area (Å²) in [6, 6.07) is 18.3. The van der Waals surface area contributed by atoms with Crippen LogP contribution in [0.15, 0.2) is 60.8 Å². The second kappa shape index (κ2) is 5.96. The van der Waals surface area contributed by atoms with Gasteiger partial charge in [0.25, 0.3) is 0 Å². The van der Waals surface area contributed by atoms with Crippen molar-refractivity contribution in [3.8, 4) is 0 Å². The summed E-state index contributed by atoms with van der Waals surface area (Å²) < 4.78 is 2.23. The molecule has 0 radical (unpaired) electrons. The first-order valence-electron chi connectivity index (χ1n) is 8.29. The molecule has 1 N–H and O–H groups in total. The van der Waals surface area contributed by atoms with Crippen LogP contribution in [-0.4, -0.2) is 14.4 Å². The number of anilines is 2. The normalized spacial score (nSPS) is 11.5. The Morgan fingerprint density at radius 2 is 1.75 bits per heavy atom. The van der Waals surface area contributed by atoms with Gasteiger partial charge in [0.05, 0.1) is 11.0 Å². The quantitative estimate of drug-likeness (QED) is 0.586. The molecule has 24 heavy (non-hydrogen) atoms. The number of fused-ring (bicyclic) bond motifs is 3. The Labute approximate surface area is 141 Å². The largest absolute Gasteiger partial charge is 0.337 e. The molecule has 0 aliphatic heterocycles. The van der Waals surface area contributed by atoms with E-state index in [1.54, 1.807) is 0 Å². The van der Waals surface area contributed by atoms with Gasteiger partial charge >= 0.3 is 0 Å². The van der Waals surface area contributed by atoms with Crippen molar-refractivity contribution in [2.75, 3.05) is 5.32 Å². The lowest BCUT2D eigenvalue weighted by atomic mass is 10.1. The van der Waals surface area contributed by atoms with Crippen LogP contribution in [0.2, 0.25) is 0 Å². The monoisotopic (exact) mass is 316 g/mol. The Morgan fingerprint density at radius 3 is 2.54 bits per heavy atom. The molecule has 0 bridgehead atoms. The lowest BCUT2D eigenvalue weighted by Gasteiger charge is -2.12. The van der Waals surface area contributed by atoms with E-state index >= 15 is 0 Å². The maximum absolute atomic E-state index is 4.80. The molecule has 0 aliphatic carbocycles. The molecule has 2 aromatic carbocycles. The Bertz CT molecular complexity index is 987. The van der Waals surface area contributed by atoms with Gasteiger partial charge in [-0.2, -0.15) is 0 Å². The lowest BCUT2D eigenvalue weighted by Crippen LogP contribution is -2.04. The van der Waals surface area contributed by atoms with Crippen LogP contribution in [0.3, 0.4) is 0 Å². The molecule has 0 atom stereocenters. The molecule has 0 fully saturated rings. The van der Waals surface area contributed by atoms with Gasteiger partial charge in [0, 0.05) is 17.6 Å². The highest BCUT2D eigenvalue weighted by Crippen LogP contribution is 2.26. The summed E-state index contributed by atoms with van der Waals surface area (Å²) in [5, 5.41) is 3.41. The second-order valence-corrected chi connectivity index (χ2v) is 6.45. The molecule has 120 valence electrons. The Morgan fingerprint density at radius 1 is 1.00 bits per heavy atom. The van der Waals surface area contributed by atoms with Crippen LogP contribution in [0.5, 0.6) is 0 Å². The highest BCUT2D eigenvalue weighted by Gasteiger charge is 2.14. The van der Waals surface area contributed by atoms with Gasteiger partial charge in [-0.05, 0) is 36.6 Å². The summed E-state index contributed by atoms with van der Waals surface area (Å²) in [4.78, 5) is 9.45. The Balaban J connectivity index is 1.94. The number of imidazole rings is 1. The van der Waals surface area contributed by atoms with Crippen molar-refractivity contribution < 1.29 is 0 Å². The number of benzene rings is 2. The van der Waals surface area contributed by atoms with E-state index < -0.39 is 0 Å². The van der Waals surface area contributed by atoms with E-state index in [1.165, 1.54) is 5.69 Å². The molecule has 4 rings (SSSR count). The van der Waals surface area contributed by atoms with Gasteiger partial charge in [-0.25, -0.2) is 9.97 Å². The summed E-state index contributed by atoms with van der Waals surface area (Å²) >= 11 is 0. The van der Waals surface area contributed by atoms with Crippen molar-refractivity contribution in [2.45, 2.75) is 20.3 Å². The zero-order chi connectivity index (χ0) is 16.5. The third kappa shape index (κ3) is 2.60. The molecule has 4 nitrogen and oxygen atoms in total. The molecule has 0 spiro atoms. The maximum Gasteiger partial charge on any atom is 0.181 e. The zero-order valence-electron chi connectivity index (χ0n) is 13.9. The molecule has 2 heterocycles. The molecule has 0 unspecified atom stereocenters. The minimum atomic E-state index is 0.572. The van der Waals surface area contributed by atoms with Crippen molar-refractivity contribution >= 4 is 28.2 Å². The molecule has 4 heteroatoms. The van der Waals surface area contributed by atoms with Gasteiger partial charge in [-0.3, -0.25) is 4.40 Å². The van der Waals surface area contributed by atoms with E-state index in [9.17, 15) is 0 Å². The fourth-order valence-electron chi connectivity index (χ4n) is 3.05. The summed E-state index contributed by atoms with van der Waals surface area (Å²) in [5.41, 5.74) is 5.16. The van der Waals surface area contributed by atoms with E-state index in [0.717, 1.165) is 34.6 Å². The van der Waals surface area contributed by atoms with E-state index in [1.807, 2.05) is 54.7 Å². The van der Waals surface area contributed by atoms with Crippen LogP contribution in [0.25, 0.3) is 16.7 Å². The van der Waals surface area contributed by atoms with Gasteiger partial charge in [0.2, 0.25) is 0 Å². The van der Waals surface area contributed by atoms with E-state index in [4.69, 9.17) is 4.98 Å². The van der Waals surface area contributed by atoms with Crippen LogP contribution >= 0.6 is 0 Å². The summed E-state index contributed by atoms with van der Waals surface area (Å²) in [7, 11) is 0. The summed E-state index contributed by atoms with van der Waals surface area (Å²) in [6.07, 6.45) is 2.96. The van der Waals surface area contributed by atoms with Crippen LogP contribution in [0.1, 0.15) is 19.5 Å². The SMILES string of the molecule is CC(C)Cc1cnc2c(Nc3ccccc3)nc3ccccc3n12. The predicted molar refractivity (Wildman–Crippen MR) is 98.8 cm³/mol. The Kier molecular flexibility index (Phi) is 3.65. The maximum atomic E-state index is 4.80. The van der Waals surface area contributed by atoms with Gasteiger partial charge in [-0.1, -0.05) is 44.2 Å². The Hall–Kier alpha value is -2.88. The van der Waals surface area contributed by atoms with Crippen LogP contribution < -0.4 is 5.32 Å². The van der Waals surface area contributed by atoms with Crippen LogP contribution in [-0.2, 0) is 6.42 Å². The fraction of sp³-hybridized carbons (Fsp3) is 0.200. The van der Waals surface area contributed by atoms with Crippen LogP contribution in [0.4, 0.5) is 11.5 Å². The molecule has 0 aliphatic rings. The highest BCUT2D eigenvalue weighted by molar-refractivity contribution is 5.84. The number of aromatic nitrogens is 3. The zero-order valence-corrected chi connectivity index (χ0v) is 13.9. The number of para-hydroxylation sites is 3. The van der Waals surface area contributed by atoms with Crippen molar-refractivity contribution in [1.82, 2.24) is 14.4 Å². The van der Waals surface area contributed by atoms with Gasteiger partial charge in [-0.15, -0.1) is 0 Å². The average molecular weight is 316 g/mol. The first-order chi connectivity index (χ1) is 11.7. The summed E-state index contributed by atoms with van der Waals surface area (Å²) in [6.45, 7) is 4.46. The predicted octanol–water partition coefficient (Wildman–Crippen LogP) is 4.82. The van der Waals surface area contributed by atoms with Gasteiger partial charge < -0.3 is 5.32 Å². The van der Waals surface area contributed by atoms with Crippen LogP contribution in [0, 0.1) is 5.92 Å².